The van der Waals surface area contributed by atoms with Crippen molar-refractivity contribution in [1.82, 2.24) is 5.32 Å². The van der Waals surface area contributed by atoms with Crippen molar-refractivity contribution in [2.45, 2.75) is 68.7 Å². The summed E-state index contributed by atoms with van der Waals surface area (Å²) < 4.78 is 22.0. The van der Waals surface area contributed by atoms with Crippen LogP contribution in [0.5, 0.6) is 11.5 Å². The zero-order valence-corrected chi connectivity index (χ0v) is 30.4. The molecule has 8 atom stereocenters. The summed E-state index contributed by atoms with van der Waals surface area (Å²) in [7, 11) is 2.22. The van der Waals surface area contributed by atoms with E-state index in [1.165, 1.54) is 20.1 Å². The van der Waals surface area contributed by atoms with Crippen LogP contribution in [0.1, 0.15) is 81.0 Å². The Balaban J connectivity index is 1.33. The van der Waals surface area contributed by atoms with Crippen LogP contribution < -0.4 is 5.32 Å². The minimum Gasteiger partial charge on any atom is -0.507 e. The van der Waals surface area contributed by atoms with Crippen LogP contribution in [0.3, 0.4) is 0 Å². The van der Waals surface area contributed by atoms with Crippen LogP contribution in [0, 0.1) is 12.8 Å². The smallest absolute Gasteiger partial charge is 0.342 e. The Bertz CT molecular complexity index is 2270. The van der Waals surface area contributed by atoms with Gasteiger partial charge in [0.1, 0.15) is 42.3 Å². The highest BCUT2D eigenvalue weighted by molar-refractivity contribution is 6.31. The zero-order valence-electron chi connectivity index (χ0n) is 30.4. The number of carbonyl (C=O) groups is 6. The molecule has 4 aliphatic rings. The number of nitrogens with one attached hydrogen (secondary N) is 1. The number of methoxy groups -OCH3 is 2. The first-order chi connectivity index (χ1) is 26.6. The number of aromatic hydroxyl groups is 2. The average molecular weight is 772 g/mol. The van der Waals surface area contributed by atoms with Gasteiger partial charge >= 0.3 is 5.97 Å². The first-order valence-corrected chi connectivity index (χ1v) is 17.5. The second kappa shape index (κ2) is 13.8. The number of phenolic OH excluding ortho intramolecular Hbond substituents is 2. The molecular weight excluding hydrogens is 734 g/mol. The Kier molecular flexibility index (Phi) is 9.55. The minimum absolute atomic E-state index is 0.0286. The average Bonchev–Trinajstić information content (AvgIpc) is 3.15. The van der Waals surface area contributed by atoms with Crippen LogP contribution in [-0.2, 0) is 42.4 Å². The van der Waals surface area contributed by atoms with E-state index in [2.05, 4.69) is 5.32 Å². The summed E-state index contributed by atoms with van der Waals surface area (Å²) in [4.78, 5) is 82.5. The van der Waals surface area contributed by atoms with Gasteiger partial charge in [0.2, 0.25) is 17.3 Å². The van der Waals surface area contributed by atoms with Gasteiger partial charge in [-0.2, -0.15) is 0 Å². The highest BCUT2D eigenvalue weighted by atomic mass is 16.6. The van der Waals surface area contributed by atoms with E-state index < -0.39 is 134 Å². The van der Waals surface area contributed by atoms with Crippen molar-refractivity contribution >= 4 is 35.4 Å². The number of aryl methyl sites for hydroxylation is 1. The van der Waals surface area contributed by atoms with Crippen molar-refractivity contribution in [3.63, 3.8) is 0 Å². The third-order valence-corrected chi connectivity index (χ3v) is 11.2. The molecule has 0 amide bonds. The van der Waals surface area contributed by atoms with E-state index in [0.717, 1.165) is 19.3 Å². The second-order valence-corrected chi connectivity index (χ2v) is 14.2. The van der Waals surface area contributed by atoms with E-state index in [0.29, 0.717) is 11.8 Å². The summed E-state index contributed by atoms with van der Waals surface area (Å²) in [5, 5.41) is 61.0. The summed E-state index contributed by atoms with van der Waals surface area (Å²) in [6, 6.07) is 10.8. The molecule has 56 heavy (non-hydrogen) atoms. The molecule has 16 nitrogen and oxygen atoms in total. The van der Waals surface area contributed by atoms with Gasteiger partial charge in [-0.25, -0.2) is 4.79 Å². The number of hydrogen-bond acceptors (Lipinski definition) is 16. The Labute approximate surface area is 318 Å². The molecule has 1 heterocycles. The van der Waals surface area contributed by atoms with Crippen LogP contribution in [0.15, 0.2) is 54.2 Å². The van der Waals surface area contributed by atoms with Crippen molar-refractivity contribution in [3.8, 4) is 11.5 Å². The maximum absolute atomic E-state index is 14.8. The number of allylic oxidation sites excluding steroid dienone is 2. The first kappa shape index (κ1) is 38.6. The van der Waals surface area contributed by atoms with Crippen molar-refractivity contribution in [2.75, 3.05) is 14.2 Å². The van der Waals surface area contributed by atoms with E-state index >= 15 is 0 Å². The van der Waals surface area contributed by atoms with Crippen LogP contribution in [0.25, 0.3) is 0 Å². The minimum atomic E-state index is -3.29. The molecule has 292 valence electrons. The van der Waals surface area contributed by atoms with Gasteiger partial charge in [-0.3, -0.25) is 19.2 Å². The third-order valence-electron chi connectivity index (χ3n) is 11.2. The van der Waals surface area contributed by atoms with Crippen LogP contribution in [0.2, 0.25) is 0 Å². The Morgan fingerprint density at radius 1 is 1.00 bits per heavy atom. The number of aliphatic hydroxyl groups is 3. The van der Waals surface area contributed by atoms with Crippen molar-refractivity contribution in [2.24, 2.45) is 5.92 Å². The highest BCUT2D eigenvalue weighted by Crippen LogP contribution is 2.56. The number of ketones is 4. The van der Waals surface area contributed by atoms with Crippen molar-refractivity contribution in [3.05, 3.63) is 104 Å². The SMILES string of the molecule is CO[C@@H]1[C@@H](O)[C@@H](C=O)[C@@H](NC2=CC(=O)c3c(cc4c(c3O)C(=O)[C@]3(OC)[C@H](O)Cc5cc(C)c(C(=O)OCc6ccccc6)c(O)c5[C@]3(O)C4=O)C2=O)O[C@H]1C. The molecule has 6 N–H and O–H groups in total. The van der Waals surface area contributed by atoms with E-state index in [1.807, 2.05) is 0 Å². The van der Waals surface area contributed by atoms with Crippen LogP contribution in [0.4, 0.5) is 0 Å². The summed E-state index contributed by atoms with van der Waals surface area (Å²) in [6.45, 7) is 2.80. The number of phenols is 2. The molecule has 1 aliphatic heterocycles. The Morgan fingerprint density at radius 2 is 1.70 bits per heavy atom. The number of aliphatic hydroxyl groups excluding tert-OH is 2. The van der Waals surface area contributed by atoms with E-state index in [9.17, 15) is 54.3 Å². The van der Waals surface area contributed by atoms with E-state index in [4.69, 9.17) is 18.9 Å². The lowest BCUT2D eigenvalue weighted by Crippen LogP contribution is -2.73. The van der Waals surface area contributed by atoms with Gasteiger partial charge in [0.25, 0.3) is 0 Å². The number of esters is 1. The number of benzene rings is 3. The van der Waals surface area contributed by atoms with Gasteiger partial charge in [-0.1, -0.05) is 36.4 Å². The molecule has 0 aromatic heterocycles. The van der Waals surface area contributed by atoms with Gasteiger partial charge in [0.05, 0.1) is 41.1 Å². The lowest BCUT2D eigenvalue weighted by atomic mass is 9.56. The Hall–Kier alpha value is -5.62. The molecular formula is C40H37NO15. The summed E-state index contributed by atoms with van der Waals surface area (Å²) in [6.07, 6.45) is -5.71. The predicted molar refractivity (Wildman–Crippen MR) is 189 cm³/mol. The molecule has 0 spiro atoms. The van der Waals surface area contributed by atoms with E-state index in [-0.39, 0.29) is 17.7 Å². The van der Waals surface area contributed by atoms with Crippen molar-refractivity contribution < 1.29 is 73.2 Å². The third kappa shape index (κ3) is 5.28. The van der Waals surface area contributed by atoms with Gasteiger partial charge in [0.15, 0.2) is 17.0 Å². The number of fused-ring (bicyclic) bond motifs is 5. The monoisotopic (exact) mass is 771 g/mol. The van der Waals surface area contributed by atoms with Crippen LogP contribution in [-0.4, -0.2) is 111 Å². The molecule has 1 fully saturated rings. The maximum atomic E-state index is 14.8. The number of ether oxygens (including phenoxy) is 4. The molecule has 3 aliphatic carbocycles. The Morgan fingerprint density at radius 3 is 2.34 bits per heavy atom. The van der Waals surface area contributed by atoms with E-state index in [1.54, 1.807) is 37.3 Å². The topological polar surface area (TPSA) is 253 Å². The fraction of sp³-hybridized carbons (Fsp3) is 0.350. The normalized spacial score (nSPS) is 29.4. The molecule has 3 aromatic carbocycles. The first-order valence-electron chi connectivity index (χ1n) is 17.5. The number of aldehydes is 1. The highest BCUT2D eigenvalue weighted by Gasteiger charge is 2.72. The summed E-state index contributed by atoms with van der Waals surface area (Å²) in [5.74, 6) is -9.20. The lowest BCUT2D eigenvalue weighted by Gasteiger charge is -2.52. The fourth-order valence-corrected chi connectivity index (χ4v) is 8.49. The van der Waals surface area contributed by atoms with Crippen molar-refractivity contribution in [1.29, 1.82) is 0 Å². The van der Waals surface area contributed by atoms with Gasteiger partial charge in [-0.05, 0) is 36.6 Å². The number of carbonyl (C=O) groups excluding carboxylic acids is 6. The number of rotatable bonds is 8. The van der Waals surface area contributed by atoms with Gasteiger partial charge < -0.3 is 54.6 Å². The zero-order chi connectivity index (χ0) is 40.6. The molecule has 0 unspecified atom stereocenters. The molecule has 0 bridgehead atoms. The molecule has 16 heteroatoms. The molecule has 0 radical (unpaired) electrons. The quantitative estimate of drug-likeness (QED) is 0.139. The van der Waals surface area contributed by atoms with Gasteiger partial charge in [0, 0.05) is 43.4 Å². The second-order valence-electron chi connectivity index (χ2n) is 14.2. The summed E-state index contributed by atoms with van der Waals surface area (Å²) >= 11 is 0. The molecule has 7 rings (SSSR count). The number of Topliss-reactive ketones (excluding diaryl/α,β-unsaturated/α-hetero) is 3. The largest absolute Gasteiger partial charge is 0.507 e. The predicted octanol–water partition coefficient (Wildman–Crippen LogP) is 1.12. The molecule has 3 aromatic rings. The lowest BCUT2D eigenvalue weighted by molar-refractivity contribution is -0.203. The molecule has 0 saturated carbocycles. The fourth-order valence-electron chi connectivity index (χ4n) is 8.49. The van der Waals surface area contributed by atoms with Crippen LogP contribution >= 0.6 is 0 Å². The maximum Gasteiger partial charge on any atom is 0.342 e. The standard InChI is InChI=1S/C40H37NO15/c1-16-10-19-11-25(44)40(54-4)36(50)28-21(35(49)39(40,52)29(19)33(48)26(16)38(51)55-15-18-8-6-5-7-9-18)12-20-27(32(28)47)24(43)13-23(30(20)45)41-37-22(14-42)31(46)34(53-3)17(2)56-37/h5-10,12-14,17,22,25,31,34,37,41,44,46-48,52H,11,15H2,1-4H3/t17-,22+,25+,31-,34-,37-,39-,40+/m0/s1. The molecule has 1 saturated heterocycles. The van der Waals surface area contributed by atoms with Gasteiger partial charge in [-0.15, -0.1) is 0 Å². The number of hydrogen-bond donors (Lipinski definition) is 6. The summed E-state index contributed by atoms with van der Waals surface area (Å²) in [5.41, 5.74) is -9.96.